The Bertz CT molecular complexity index is 1840. The van der Waals surface area contributed by atoms with Crippen molar-refractivity contribution < 1.29 is 44.6 Å². The summed E-state index contributed by atoms with van der Waals surface area (Å²) in [4.78, 5) is 4.06. The molecule has 43 heavy (non-hydrogen) atoms. The lowest BCUT2D eigenvalue weighted by Crippen LogP contribution is -2.46. The number of hydrogen-bond acceptors (Lipinski definition) is 6. The van der Waals surface area contributed by atoms with Crippen LogP contribution in [-0.4, -0.2) is 46.9 Å². The highest BCUT2D eigenvalue weighted by Gasteiger charge is 2.37. The summed E-state index contributed by atoms with van der Waals surface area (Å²) in [6.45, 7) is 3.85. The Kier molecular flexibility index (Phi) is 8.51. The molecule has 8 nitrogen and oxygen atoms in total. The topological polar surface area (TPSA) is 106 Å². The maximum absolute atomic E-state index is 14.0. The Hall–Kier alpha value is -4.13. The highest BCUT2D eigenvalue weighted by atomic mass is 32.2. The first-order valence-corrected chi connectivity index (χ1v) is 14.0. The van der Waals surface area contributed by atoms with E-state index >= 15 is 0 Å². The first kappa shape index (κ1) is 31.8. The van der Waals surface area contributed by atoms with Crippen molar-refractivity contribution in [3.63, 3.8) is 0 Å². The summed E-state index contributed by atoms with van der Waals surface area (Å²) in [7, 11) is -4.05. The third-order valence-corrected chi connectivity index (χ3v) is 7.63. The van der Waals surface area contributed by atoms with Gasteiger partial charge in [-0.1, -0.05) is 24.0 Å². The maximum Gasteiger partial charge on any atom is 0.433 e. The second kappa shape index (κ2) is 11.5. The smallest absolute Gasteiger partial charge is 0.433 e. The van der Waals surface area contributed by atoms with Crippen LogP contribution < -0.4 is 9.46 Å². The van der Waals surface area contributed by atoms with Gasteiger partial charge in [-0.25, -0.2) is 22.6 Å². The molecule has 15 heteroatoms. The summed E-state index contributed by atoms with van der Waals surface area (Å²) in [6, 6.07) is 8.76. The van der Waals surface area contributed by atoms with Gasteiger partial charge < -0.3 is 9.84 Å². The van der Waals surface area contributed by atoms with Gasteiger partial charge in [-0.15, -0.1) is 0 Å². The molecule has 2 aromatic heterocycles. The fraction of sp³-hybridized carbons (Fsp3) is 0.286. The molecule has 0 aliphatic carbocycles. The van der Waals surface area contributed by atoms with Crippen LogP contribution >= 0.6 is 0 Å². The monoisotopic (exact) mass is 626 g/mol. The minimum Gasteiger partial charge on any atom is -0.493 e. The molecular formula is C28H24F6N4O4S. The molecule has 0 aliphatic heterocycles. The van der Waals surface area contributed by atoms with Crippen LogP contribution in [0.5, 0.6) is 5.75 Å². The number of aromatic nitrogens is 3. The second-order valence-corrected chi connectivity index (χ2v) is 11.6. The van der Waals surface area contributed by atoms with Crippen molar-refractivity contribution in [2.24, 2.45) is 0 Å². The number of rotatable bonds is 7. The molecule has 2 N–H and O–H groups in total. The average Bonchev–Trinajstić information content (AvgIpc) is 3.33. The zero-order valence-electron chi connectivity index (χ0n) is 22.8. The minimum absolute atomic E-state index is 0.0582. The molecule has 228 valence electrons. The predicted molar refractivity (Wildman–Crippen MR) is 144 cm³/mol. The first-order valence-electron chi connectivity index (χ1n) is 12.5. The van der Waals surface area contributed by atoms with Gasteiger partial charge in [0.05, 0.1) is 46.7 Å². The number of alkyl halides is 6. The van der Waals surface area contributed by atoms with Crippen LogP contribution in [0.2, 0.25) is 0 Å². The van der Waals surface area contributed by atoms with E-state index in [4.69, 9.17) is 4.74 Å². The van der Waals surface area contributed by atoms with Gasteiger partial charge in [0.15, 0.2) is 11.3 Å². The van der Waals surface area contributed by atoms with E-state index < -0.39 is 51.5 Å². The number of ether oxygens (including phenoxy) is 1. The highest BCUT2D eigenvalue weighted by molar-refractivity contribution is 7.89. The molecule has 2 aromatic carbocycles. The van der Waals surface area contributed by atoms with Crippen LogP contribution in [0.3, 0.4) is 0 Å². The van der Waals surface area contributed by atoms with Crippen molar-refractivity contribution in [3.8, 4) is 28.8 Å². The summed E-state index contributed by atoms with van der Waals surface area (Å²) >= 11 is 0. The van der Waals surface area contributed by atoms with Crippen molar-refractivity contribution in [1.82, 2.24) is 19.3 Å². The summed E-state index contributed by atoms with van der Waals surface area (Å²) in [5, 5.41) is 13.2. The molecule has 0 radical (unpaired) electrons. The Morgan fingerprint density at radius 2 is 1.72 bits per heavy atom. The molecule has 0 aliphatic rings. The average molecular weight is 627 g/mol. The van der Waals surface area contributed by atoms with E-state index in [9.17, 15) is 39.9 Å². The van der Waals surface area contributed by atoms with Gasteiger partial charge >= 0.3 is 12.4 Å². The van der Waals surface area contributed by atoms with Crippen LogP contribution in [-0.2, 0) is 22.4 Å². The van der Waals surface area contributed by atoms with Crippen molar-refractivity contribution >= 4 is 15.7 Å². The van der Waals surface area contributed by atoms with Crippen molar-refractivity contribution in [2.75, 3.05) is 13.2 Å². The molecule has 0 atom stereocenters. The molecule has 2 heterocycles. The molecule has 0 amide bonds. The van der Waals surface area contributed by atoms with Crippen LogP contribution in [0.1, 0.15) is 43.2 Å². The van der Waals surface area contributed by atoms with E-state index in [1.807, 2.05) is 0 Å². The maximum atomic E-state index is 14.0. The minimum atomic E-state index is -4.92. The van der Waals surface area contributed by atoms with Crippen molar-refractivity contribution in [3.05, 3.63) is 77.1 Å². The Balaban J connectivity index is 1.82. The number of nitrogens with one attached hydrogen (secondary N) is 1. The normalized spacial score (nSPS) is 12.7. The second-order valence-electron chi connectivity index (χ2n) is 9.89. The summed E-state index contributed by atoms with van der Waals surface area (Å²) in [5.41, 5.74) is -4.05. The van der Waals surface area contributed by atoms with Gasteiger partial charge in [-0.05, 0) is 57.2 Å². The largest absolute Gasteiger partial charge is 0.493 e. The van der Waals surface area contributed by atoms with E-state index in [0.29, 0.717) is 16.6 Å². The van der Waals surface area contributed by atoms with Gasteiger partial charge in [0.2, 0.25) is 10.0 Å². The van der Waals surface area contributed by atoms with Crippen LogP contribution in [0.15, 0.2) is 59.6 Å². The Morgan fingerprint density at radius 1 is 1.00 bits per heavy atom. The number of hydrogen-bond donors (Lipinski definition) is 2. The predicted octanol–water partition coefficient (Wildman–Crippen LogP) is 5.28. The molecule has 0 spiro atoms. The number of nitrogens with zero attached hydrogens (tertiary/aromatic N) is 3. The fourth-order valence-corrected chi connectivity index (χ4v) is 5.38. The molecule has 4 rings (SSSR count). The molecule has 0 bridgehead atoms. The van der Waals surface area contributed by atoms with E-state index in [1.165, 1.54) is 45.0 Å². The lowest BCUT2D eigenvalue weighted by atomic mass is 10.1. The quantitative estimate of drug-likeness (QED) is 0.214. The summed E-state index contributed by atoms with van der Waals surface area (Å²) < 4.78 is 116. The SMILES string of the molecule is CCOc1cc(-c2cc(C(F)(F)F)n3ncc(C#Cc4cccc(S(=O)(=O)NC(C)(C)CO)c4)c3n2)ccc1C(F)(F)F. The lowest BCUT2D eigenvalue weighted by Gasteiger charge is -2.23. The van der Waals surface area contributed by atoms with Gasteiger partial charge in [0, 0.05) is 11.1 Å². The van der Waals surface area contributed by atoms with Crippen LogP contribution in [0.4, 0.5) is 26.3 Å². The molecule has 0 saturated heterocycles. The Labute approximate surface area is 242 Å². The van der Waals surface area contributed by atoms with Crippen LogP contribution in [0, 0.1) is 11.8 Å². The van der Waals surface area contributed by atoms with E-state index in [0.717, 1.165) is 18.3 Å². The summed E-state index contributed by atoms with van der Waals surface area (Å²) in [5.74, 6) is 4.77. The fourth-order valence-electron chi connectivity index (χ4n) is 3.93. The third-order valence-electron chi connectivity index (χ3n) is 5.94. The third kappa shape index (κ3) is 7.10. The molecule has 0 fully saturated rings. The number of halogens is 6. The molecule has 0 unspecified atom stereocenters. The number of aliphatic hydroxyl groups excluding tert-OH is 1. The molecular weight excluding hydrogens is 602 g/mol. The van der Waals surface area contributed by atoms with Crippen LogP contribution in [0.25, 0.3) is 16.9 Å². The number of benzene rings is 2. The number of fused-ring (bicyclic) bond motifs is 1. The molecule has 4 aromatic rings. The van der Waals surface area contributed by atoms with Crippen molar-refractivity contribution in [1.29, 1.82) is 0 Å². The van der Waals surface area contributed by atoms with Gasteiger partial charge in [-0.2, -0.15) is 31.4 Å². The summed E-state index contributed by atoms with van der Waals surface area (Å²) in [6.07, 6.45) is -8.63. The zero-order valence-corrected chi connectivity index (χ0v) is 23.6. The van der Waals surface area contributed by atoms with E-state index in [2.05, 4.69) is 26.6 Å². The van der Waals surface area contributed by atoms with Gasteiger partial charge in [0.25, 0.3) is 0 Å². The number of aliphatic hydroxyl groups is 1. The highest BCUT2D eigenvalue weighted by Crippen LogP contribution is 2.39. The first-order chi connectivity index (χ1) is 19.9. The Morgan fingerprint density at radius 3 is 2.35 bits per heavy atom. The standard InChI is InChI=1S/C28H24F6N4O4S/c1-4-42-23-13-18(10-11-21(23)27(29,30)31)22-14-24(28(32,33)34)38-25(36-22)19(15-35-38)9-8-17-6-5-7-20(12-17)43(40,41)37-26(2,3)16-39/h5-7,10-15,37,39H,4,16H2,1-3H3. The van der Waals surface area contributed by atoms with E-state index in [1.54, 1.807) is 0 Å². The van der Waals surface area contributed by atoms with E-state index in [-0.39, 0.29) is 39.5 Å². The lowest BCUT2D eigenvalue weighted by molar-refractivity contribution is -0.142. The van der Waals surface area contributed by atoms with Gasteiger partial charge in [-0.3, -0.25) is 0 Å². The number of sulfonamides is 1. The zero-order chi connectivity index (χ0) is 31.8. The van der Waals surface area contributed by atoms with Crippen molar-refractivity contribution in [2.45, 2.75) is 43.6 Å². The van der Waals surface area contributed by atoms with Gasteiger partial charge in [0.1, 0.15) is 5.75 Å². The molecule has 0 saturated carbocycles.